The van der Waals surface area contributed by atoms with Crippen LogP contribution in [0.3, 0.4) is 0 Å². The highest BCUT2D eigenvalue weighted by molar-refractivity contribution is 6.34. The molecule has 0 bridgehead atoms. The summed E-state index contributed by atoms with van der Waals surface area (Å²) in [5, 5.41) is 7.66. The van der Waals surface area contributed by atoms with E-state index >= 15 is 0 Å². The zero-order valence-corrected chi connectivity index (χ0v) is 22.5. The van der Waals surface area contributed by atoms with Crippen molar-refractivity contribution in [2.75, 3.05) is 11.9 Å². The van der Waals surface area contributed by atoms with Crippen molar-refractivity contribution in [2.24, 2.45) is 5.41 Å². The quantitative estimate of drug-likeness (QED) is 0.291. The molecule has 7 nitrogen and oxygen atoms in total. The van der Waals surface area contributed by atoms with Crippen molar-refractivity contribution in [1.29, 1.82) is 0 Å². The van der Waals surface area contributed by atoms with Gasteiger partial charge < -0.3 is 20.7 Å². The maximum absolute atomic E-state index is 13.1. The lowest BCUT2D eigenvalue weighted by Gasteiger charge is -2.26. The van der Waals surface area contributed by atoms with Crippen molar-refractivity contribution in [3.63, 3.8) is 0 Å². The van der Waals surface area contributed by atoms with Gasteiger partial charge in [0.25, 0.3) is 18.2 Å². The van der Waals surface area contributed by atoms with E-state index in [-0.39, 0.29) is 40.2 Å². The number of benzene rings is 2. The maximum Gasteiger partial charge on any atom is 0.402 e. The smallest absolute Gasteiger partial charge is 0.402 e. The molecule has 0 atom stereocenters. The summed E-state index contributed by atoms with van der Waals surface area (Å²) in [4.78, 5) is 38.0. The molecule has 3 amide bonds. The number of anilines is 1. The first kappa shape index (κ1) is 31.1. The molecule has 1 fully saturated rings. The van der Waals surface area contributed by atoms with Gasteiger partial charge in [-0.25, -0.2) is 8.78 Å². The Kier molecular flexibility index (Phi) is 9.99. The number of rotatable bonds is 10. The Morgan fingerprint density at radius 3 is 2.30 bits per heavy atom. The lowest BCUT2D eigenvalue weighted by molar-refractivity contribution is -0.211. The van der Waals surface area contributed by atoms with Gasteiger partial charge in [-0.3, -0.25) is 14.4 Å². The van der Waals surface area contributed by atoms with Gasteiger partial charge in [0.15, 0.2) is 0 Å². The van der Waals surface area contributed by atoms with Crippen LogP contribution in [-0.2, 0) is 11.3 Å². The normalized spacial score (nSPS) is 14.2. The van der Waals surface area contributed by atoms with Crippen molar-refractivity contribution in [1.82, 2.24) is 10.6 Å². The number of carbonyl (C=O) groups excluding carboxylic acids is 3. The van der Waals surface area contributed by atoms with Crippen LogP contribution in [-0.4, -0.2) is 43.0 Å². The lowest BCUT2D eigenvalue weighted by Crippen LogP contribution is -2.46. The van der Waals surface area contributed by atoms with Crippen LogP contribution in [0.2, 0.25) is 5.02 Å². The summed E-state index contributed by atoms with van der Waals surface area (Å²) in [6.45, 7) is 0.302. The largest absolute Gasteiger partial charge is 0.487 e. The van der Waals surface area contributed by atoms with Crippen LogP contribution in [0.5, 0.6) is 5.75 Å². The summed E-state index contributed by atoms with van der Waals surface area (Å²) in [6.07, 6.45) is -4.02. The summed E-state index contributed by atoms with van der Waals surface area (Å²) in [7, 11) is 0. The summed E-state index contributed by atoms with van der Waals surface area (Å²) in [6, 6.07) is 8.00. The first-order chi connectivity index (χ1) is 18.7. The minimum Gasteiger partial charge on any atom is -0.487 e. The van der Waals surface area contributed by atoms with E-state index in [0.29, 0.717) is 5.56 Å². The van der Waals surface area contributed by atoms with Crippen molar-refractivity contribution in [2.45, 2.75) is 64.7 Å². The topological polar surface area (TPSA) is 96.5 Å². The minimum absolute atomic E-state index is 0.0271. The van der Waals surface area contributed by atoms with Crippen LogP contribution in [0, 0.1) is 5.41 Å². The Hall–Kier alpha value is -3.41. The summed E-state index contributed by atoms with van der Waals surface area (Å²) in [5.74, 6) is -2.56. The van der Waals surface area contributed by atoms with Gasteiger partial charge >= 0.3 is 6.18 Å². The predicted octanol–water partition coefficient (Wildman–Crippen LogP) is 6.11. The van der Waals surface area contributed by atoms with E-state index in [2.05, 4.69) is 16.0 Å². The summed E-state index contributed by atoms with van der Waals surface area (Å²) in [5.41, 5.74) is -2.24. The van der Waals surface area contributed by atoms with Gasteiger partial charge in [-0.05, 0) is 62.6 Å². The third-order valence-electron chi connectivity index (χ3n) is 6.54. The molecule has 1 saturated carbocycles. The van der Waals surface area contributed by atoms with E-state index < -0.39 is 42.3 Å². The number of hydrogen-bond acceptors (Lipinski definition) is 4. The first-order valence-corrected chi connectivity index (χ1v) is 12.9. The number of nitrogens with one attached hydrogen (secondary N) is 3. The van der Waals surface area contributed by atoms with Crippen molar-refractivity contribution >= 4 is 35.0 Å². The van der Waals surface area contributed by atoms with E-state index in [9.17, 15) is 36.3 Å². The van der Waals surface area contributed by atoms with Crippen LogP contribution in [0.4, 0.5) is 27.6 Å². The SMILES string of the molecule is CC(C)(C(=O)NCc1ccc(Cl)c(C(=O)Nc2ccc(OCC(F)F)c(C(=O)NC3CCCC3)c2)c1)C(F)(F)F. The van der Waals surface area contributed by atoms with Crippen molar-refractivity contribution in [3.05, 3.63) is 58.1 Å². The second-order valence-electron chi connectivity index (χ2n) is 9.94. The van der Waals surface area contributed by atoms with E-state index in [1.54, 1.807) is 0 Å². The third-order valence-corrected chi connectivity index (χ3v) is 6.87. The average molecular weight is 590 g/mol. The third kappa shape index (κ3) is 7.83. The first-order valence-electron chi connectivity index (χ1n) is 12.5. The number of amides is 3. The monoisotopic (exact) mass is 589 g/mol. The predicted molar refractivity (Wildman–Crippen MR) is 139 cm³/mol. The molecule has 40 heavy (non-hydrogen) atoms. The molecule has 3 rings (SSSR count). The van der Waals surface area contributed by atoms with Gasteiger partial charge in [-0.15, -0.1) is 0 Å². The van der Waals surface area contributed by atoms with E-state index in [1.165, 1.54) is 36.4 Å². The molecule has 2 aromatic carbocycles. The molecule has 0 spiro atoms. The van der Waals surface area contributed by atoms with Gasteiger partial charge in [-0.2, -0.15) is 13.2 Å². The molecule has 0 saturated heterocycles. The Morgan fingerprint density at radius 1 is 1.00 bits per heavy atom. The van der Waals surface area contributed by atoms with Gasteiger partial charge in [0.2, 0.25) is 5.91 Å². The standard InChI is InChI=1S/C27H29ClF5N3O4/c1-26(2,27(31,32)33)25(39)34-13-15-7-9-20(28)18(11-15)23(37)36-17-8-10-21(40-14-22(29)30)19(12-17)24(38)35-16-5-3-4-6-16/h7-12,16,22H,3-6,13-14H2,1-2H3,(H,34,39)(H,35,38)(H,36,37). The van der Waals surface area contributed by atoms with Crippen LogP contribution in [0.25, 0.3) is 0 Å². The fraction of sp³-hybridized carbons (Fsp3) is 0.444. The maximum atomic E-state index is 13.1. The number of halogens is 6. The second kappa shape index (κ2) is 12.8. The molecule has 0 aliphatic heterocycles. The summed E-state index contributed by atoms with van der Waals surface area (Å²) < 4.78 is 69.9. The summed E-state index contributed by atoms with van der Waals surface area (Å²) >= 11 is 6.17. The molecular formula is C27H29ClF5N3O4. The van der Waals surface area contributed by atoms with E-state index in [4.69, 9.17) is 16.3 Å². The number of alkyl halides is 5. The molecule has 3 N–H and O–H groups in total. The molecule has 0 heterocycles. The van der Waals surface area contributed by atoms with Crippen LogP contribution < -0.4 is 20.7 Å². The number of carbonyl (C=O) groups is 3. The van der Waals surface area contributed by atoms with Gasteiger partial charge in [0.1, 0.15) is 17.8 Å². The van der Waals surface area contributed by atoms with Crippen LogP contribution in [0.1, 0.15) is 65.8 Å². The van der Waals surface area contributed by atoms with Crippen molar-refractivity contribution in [3.8, 4) is 5.75 Å². The van der Waals surface area contributed by atoms with Gasteiger partial charge in [0.05, 0.1) is 16.1 Å². The highest BCUT2D eigenvalue weighted by Crippen LogP contribution is 2.37. The van der Waals surface area contributed by atoms with Crippen molar-refractivity contribution < 1.29 is 41.1 Å². The molecule has 2 aromatic rings. The lowest BCUT2D eigenvalue weighted by atomic mass is 9.91. The molecule has 0 radical (unpaired) electrons. The molecule has 1 aliphatic carbocycles. The number of ether oxygens (including phenoxy) is 1. The van der Waals surface area contributed by atoms with E-state index in [0.717, 1.165) is 39.5 Å². The van der Waals surface area contributed by atoms with Crippen LogP contribution in [0.15, 0.2) is 36.4 Å². The molecule has 1 aliphatic rings. The Bertz CT molecular complexity index is 1250. The molecular weight excluding hydrogens is 561 g/mol. The minimum atomic E-state index is -4.75. The zero-order valence-electron chi connectivity index (χ0n) is 21.8. The Morgan fingerprint density at radius 2 is 1.68 bits per heavy atom. The average Bonchev–Trinajstić information content (AvgIpc) is 3.39. The number of hydrogen-bond donors (Lipinski definition) is 3. The fourth-order valence-electron chi connectivity index (χ4n) is 3.98. The zero-order chi connectivity index (χ0) is 29.7. The highest BCUT2D eigenvalue weighted by Gasteiger charge is 2.52. The van der Waals surface area contributed by atoms with Gasteiger partial charge in [-0.1, -0.05) is 30.5 Å². The van der Waals surface area contributed by atoms with E-state index in [1.807, 2.05) is 0 Å². The van der Waals surface area contributed by atoms with Gasteiger partial charge in [0, 0.05) is 18.3 Å². The molecule has 218 valence electrons. The Labute approximate surface area is 232 Å². The fourth-order valence-corrected chi connectivity index (χ4v) is 4.19. The molecule has 0 aromatic heterocycles. The molecule has 0 unspecified atom stereocenters. The second-order valence-corrected chi connectivity index (χ2v) is 10.3. The molecule has 13 heteroatoms. The Balaban J connectivity index is 1.77. The van der Waals surface area contributed by atoms with Crippen LogP contribution >= 0.6 is 11.6 Å². The highest BCUT2D eigenvalue weighted by atomic mass is 35.5.